The Kier molecular flexibility index (Phi) is 1.37. The lowest BCUT2D eigenvalue weighted by Crippen LogP contribution is -1.93. The molecule has 0 unspecified atom stereocenters. The Balaban J connectivity index is 2.66. The predicted molar refractivity (Wildman–Crippen MR) is 27.4 cm³/mol. The molecule has 1 rings (SSSR count). The molecule has 0 spiro atoms. The average Bonchev–Trinajstić information content (AvgIpc) is 1.90. The van der Waals surface area contributed by atoms with Gasteiger partial charge in [0.2, 0.25) is 0 Å². The van der Waals surface area contributed by atoms with Crippen LogP contribution in [0, 0.1) is 0 Å². The Labute approximate surface area is 47.4 Å². The molecule has 0 saturated carbocycles. The zero-order valence-corrected chi connectivity index (χ0v) is 4.20. The molecule has 0 aromatic rings. The molecule has 0 radical (unpaired) electrons. The van der Waals surface area contributed by atoms with E-state index < -0.39 is 0 Å². The SMILES string of the molecule is [O-]C=C1C=CC=CO1. The molecule has 0 aliphatic carbocycles. The molecule has 0 atom stereocenters. The van der Waals surface area contributed by atoms with Gasteiger partial charge in [-0.15, -0.1) is 6.26 Å². The van der Waals surface area contributed by atoms with Crippen LogP contribution in [0.1, 0.15) is 0 Å². The van der Waals surface area contributed by atoms with Crippen molar-refractivity contribution in [3.05, 3.63) is 36.5 Å². The number of hydrogen-bond acceptors (Lipinski definition) is 2. The minimum Gasteiger partial charge on any atom is -0.875 e. The van der Waals surface area contributed by atoms with E-state index in [-0.39, 0.29) is 0 Å². The Morgan fingerprint density at radius 1 is 1.50 bits per heavy atom. The van der Waals surface area contributed by atoms with Crippen molar-refractivity contribution in [3.63, 3.8) is 0 Å². The molecule has 8 heavy (non-hydrogen) atoms. The molecule has 0 saturated heterocycles. The van der Waals surface area contributed by atoms with E-state index in [0.29, 0.717) is 12.0 Å². The third-order valence-electron chi connectivity index (χ3n) is 0.770. The topological polar surface area (TPSA) is 32.3 Å². The fraction of sp³-hybridized carbons (Fsp3) is 0. The maximum Gasteiger partial charge on any atom is 0.111 e. The largest absolute Gasteiger partial charge is 0.875 e. The molecule has 0 N–H and O–H groups in total. The van der Waals surface area contributed by atoms with Gasteiger partial charge in [0, 0.05) is 0 Å². The van der Waals surface area contributed by atoms with Crippen molar-refractivity contribution in [1.29, 1.82) is 0 Å². The zero-order chi connectivity index (χ0) is 5.82. The van der Waals surface area contributed by atoms with E-state index in [0.717, 1.165) is 0 Å². The summed E-state index contributed by atoms with van der Waals surface area (Å²) in [7, 11) is 0. The molecular weight excluding hydrogens is 104 g/mol. The van der Waals surface area contributed by atoms with Gasteiger partial charge in [0.05, 0.1) is 6.26 Å². The van der Waals surface area contributed by atoms with Gasteiger partial charge in [-0.3, -0.25) is 0 Å². The highest BCUT2D eigenvalue weighted by molar-refractivity contribution is 5.19. The standard InChI is InChI=1S/C6H6O2/c7-5-6-3-1-2-4-8-6/h1-5,7H/p-1. The lowest BCUT2D eigenvalue weighted by Gasteiger charge is -2.04. The smallest absolute Gasteiger partial charge is 0.111 e. The molecular formula is C6H5O2-. The van der Waals surface area contributed by atoms with Crippen LogP contribution < -0.4 is 5.11 Å². The van der Waals surface area contributed by atoms with Gasteiger partial charge in [0.25, 0.3) is 0 Å². The summed E-state index contributed by atoms with van der Waals surface area (Å²) in [5.41, 5.74) is 0. The molecule has 1 heterocycles. The molecule has 1 aliphatic rings. The van der Waals surface area contributed by atoms with E-state index in [4.69, 9.17) is 4.74 Å². The first-order chi connectivity index (χ1) is 3.93. The van der Waals surface area contributed by atoms with Gasteiger partial charge in [-0.1, -0.05) is 6.08 Å². The molecule has 0 fully saturated rings. The normalized spacial score (nSPS) is 21.2. The molecule has 0 bridgehead atoms. The first-order valence-electron chi connectivity index (χ1n) is 2.25. The van der Waals surface area contributed by atoms with Gasteiger partial charge in [0.1, 0.15) is 5.76 Å². The van der Waals surface area contributed by atoms with Crippen molar-refractivity contribution in [1.82, 2.24) is 0 Å². The number of allylic oxidation sites excluding steroid dienone is 3. The Bertz CT molecular complexity index is 154. The monoisotopic (exact) mass is 109 g/mol. The second-order valence-electron chi connectivity index (χ2n) is 1.33. The maximum atomic E-state index is 9.91. The van der Waals surface area contributed by atoms with Crippen LogP contribution in [-0.2, 0) is 4.74 Å². The molecule has 1 aliphatic heterocycles. The number of rotatable bonds is 0. The molecule has 0 aromatic carbocycles. The summed E-state index contributed by atoms with van der Waals surface area (Å²) < 4.78 is 4.71. The summed E-state index contributed by atoms with van der Waals surface area (Å²) in [6.07, 6.45) is 7.19. The van der Waals surface area contributed by atoms with E-state index in [1.165, 1.54) is 6.26 Å². The van der Waals surface area contributed by atoms with Crippen molar-refractivity contribution in [2.75, 3.05) is 0 Å². The third-order valence-corrected chi connectivity index (χ3v) is 0.770. The maximum absolute atomic E-state index is 9.91. The van der Waals surface area contributed by atoms with Gasteiger partial charge >= 0.3 is 0 Å². The lowest BCUT2D eigenvalue weighted by molar-refractivity contribution is -0.278. The summed E-state index contributed by atoms with van der Waals surface area (Å²) in [5, 5.41) is 9.91. The first kappa shape index (κ1) is 4.97. The summed E-state index contributed by atoms with van der Waals surface area (Å²) in [6, 6.07) is 0. The molecule has 2 nitrogen and oxygen atoms in total. The fourth-order valence-electron chi connectivity index (χ4n) is 0.420. The van der Waals surface area contributed by atoms with E-state index in [1.807, 2.05) is 0 Å². The van der Waals surface area contributed by atoms with E-state index in [1.54, 1.807) is 18.2 Å². The molecule has 2 heteroatoms. The van der Waals surface area contributed by atoms with Gasteiger partial charge in [0.15, 0.2) is 0 Å². The Morgan fingerprint density at radius 3 is 2.75 bits per heavy atom. The quantitative estimate of drug-likeness (QED) is 0.419. The van der Waals surface area contributed by atoms with Crippen LogP contribution in [0.5, 0.6) is 0 Å². The van der Waals surface area contributed by atoms with Crippen LogP contribution in [0.2, 0.25) is 0 Å². The van der Waals surface area contributed by atoms with Crippen molar-refractivity contribution in [2.24, 2.45) is 0 Å². The minimum atomic E-state index is 0.354. The van der Waals surface area contributed by atoms with E-state index in [9.17, 15) is 5.11 Å². The van der Waals surface area contributed by atoms with Crippen molar-refractivity contribution >= 4 is 0 Å². The number of hydrogen-bond donors (Lipinski definition) is 0. The highest BCUT2D eigenvalue weighted by atomic mass is 16.5. The Hall–Kier alpha value is -1.18. The van der Waals surface area contributed by atoms with Gasteiger partial charge in [-0.25, -0.2) is 0 Å². The molecule has 42 valence electrons. The van der Waals surface area contributed by atoms with Gasteiger partial charge in [-0.2, -0.15) is 0 Å². The van der Waals surface area contributed by atoms with Crippen LogP contribution in [0.15, 0.2) is 36.5 Å². The van der Waals surface area contributed by atoms with Gasteiger partial charge in [-0.05, 0) is 12.2 Å². The molecule has 0 aromatic heterocycles. The lowest BCUT2D eigenvalue weighted by atomic mass is 10.4. The van der Waals surface area contributed by atoms with Gasteiger partial charge < -0.3 is 9.84 Å². The first-order valence-corrected chi connectivity index (χ1v) is 2.25. The van der Waals surface area contributed by atoms with Crippen LogP contribution in [0.3, 0.4) is 0 Å². The van der Waals surface area contributed by atoms with Crippen molar-refractivity contribution < 1.29 is 9.84 Å². The predicted octanol–water partition coefficient (Wildman–Crippen LogP) is 0.288. The number of ether oxygens (including phenoxy) is 1. The summed E-state index contributed by atoms with van der Waals surface area (Å²) in [6.45, 7) is 0. The highest BCUT2D eigenvalue weighted by Gasteiger charge is 1.86. The summed E-state index contributed by atoms with van der Waals surface area (Å²) in [5.74, 6) is 0.354. The minimum absolute atomic E-state index is 0.354. The van der Waals surface area contributed by atoms with Crippen LogP contribution in [-0.4, -0.2) is 0 Å². The molecule has 0 amide bonds. The zero-order valence-electron chi connectivity index (χ0n) is 4.20. The third kappa shape index (κ3) is 0.904. The van der Waals surface area contributed by atoms with E-state index in [2.05, 4.69) is 0 Å². The average molecular weight is 109 g/mol. The Morgan fingerprint density at radius 2 is 2.38 bits per heavy atom. The van der Waals surface area contributed by atoms with Crippen molar-refractivity contribution in [2.45, 2.75) is 0 Å². The second-order valence-corrected chi connectivity index (χ2v) is 1.33. The highest BCUT2D eigenvalue weighted by Crippen LogP contribution is 2.02. The fourth-order valence-corrected chi connectivity index (χ4v) is 0.420. The second kappa shape index (κ2) is 2.21. The summed E-state index contributed by atoms with van der Waals surface area (Å²) >= 11 is 0. The van der Waals surface area contributed by atoms with E-state index >= 15 is 0 Å². The van der Waals surface area contributed by atoms with Crippen LogP contribution in [0.4, 0.5) is 0 Å². The van der Waals surface area contributed by atoms with Crippen molar-refractivity contribution in [3.8, 4) is 0 Å². The van der Waals surface area contributed by atoms with Crippen LogP contribution in [0.25, 0.3) is 0 Å². The summed E-state index contributed by atoms with van der Waals surface area (Å²) in [4.78, 5) is 0. The van der Waals surface area contributed by atoms with Crippen LogP contribution >= 0.6 is 0 Å².